The molecule has 0 unspecified atom stereocenters. The number of aromatic nitrogens is 1. The minimum atomic E-state index is -0.129. The van der Waals surface area contributed by atoms with Crippen molar-refractivity contribution in [1.82, 2.24) is 10.3 Å². The first kappa shape index (κ1) is 22.8. The van der Waals surface area contributed by atoms with Gasteiger partial charge in [-0.3, -0.25) is 9.78 Å². The number of phenolic OH excluding ortho intramolecular Hbond substituents is 1. The topological polar surface area (TPSA) is 65.5 Å². The zero-order chi connectivity index (χ0) is 22.7. The highest BCUT2D eigenvalue weighted by Crippen LogP contribution is 2.39. The Labute approximate surface area is 198 Å². The first-order chi connectivity index (χ1) is 15.5. The Morgan fingerprint density at radius 3 is 2.50 bits per heavy atom. The molecule has 0 saturated heterocycles. The fourth-order valence-corrected chi connectivity index (χ4v) is 5.11. The fourth-order valence-electron chi connectivity index (χ4n) is 4.63. The molecule has 2 N–H and O–H groups in total. The van der Waals surface area contributed by atoms with E-state index in [9.17, 15) is 9.90 Å². The van der Waals surface area contributed by atoms with Gasteiger partial charge in [0.25, 0.3) is 0 Å². The molecule has 0 aliphatic heterocycles. The molecule has 1 aliphatic rings. The number of amides is 1. The lowest BCUT2D eigenvalue weighted by atomic mass is 9.88. The van der Waals surface area contributed by atoms with E-state index < -0.39 is 0 Å². The average Bonchev–Trinajstić information content (AvgIpc) is 2.81. The lowest BCUT2D eigenvalue weighted by molar-refractivity contribution is -0.107. The summed E-state index contributed by atoms with van der Waals surface area (Å²) in [7, 11) is 1.89. The number of phenols is 1. The van der Waals surface area contributed by atoms with Crippen LogP contribution < -0.4 is 10.2 Å². The number of hydrogen-bond acceptors (Lipinski definition) is 4. The van der Waals surface area contributed by atoms with Gasteiger partial charge >= 0.3 is 0 Å². The minimum absolute atomic E-state index is 0.129. The van der Waals surface area contributed by atoms with Crippen LogP contribution in [0.25, 0.3) is 22.0 Å². The lowest BCUT2D eigenvalue weighted by Gasteiger charge is -2.29. The largest absolute Gasteiger partial charge is 0.505 e. The Morgan fingerprint density at radius 1 is 1.12 bits per heavy atom. The molecule has 1 amide bonds. The van der Waals surface area contributed by atoms with Crippen molar-refractivity contribution in [3.63, 3.8) is 0 Å². The fraction of sp³-hybridized carbons (Fsp3) is 0.360. The second-order valence-corrected chi connectivity index (χ2v) is 9.26. The summed E-state index contributed by atoms with van der Waals surface area (Å²) in [6, 6.07) is 9.28. The molecule has 0 atom stereocenters. The van der Waals surface area contributed by atoms with Crippen molar-refractivity contribution in [1.29, 1.82) is 0 Å². The number of nitrogens with zero attached hydrogens (tertiary/aromatic N) is 2. The van der Waals surface area contributed by atoms with Crippen LogP contribution in [0, 0.1) is 5.92 Å². The van der Waals surface area contributed by atoms with Gasteiger partial charge in [0.1, 0.15) is 0 Å². The standard InChI is InChI=1S/C25H27Cl2N3O2/c1-28-12-19-13-29-23-8-7-17(18-10-21(26)25(32)22(27)11-18)9-20(23)24(19)30(15-31)14-16-5-3-2-4-6-16/h7-11,13,15-16,28,32H,2-6,12,14H2,1H3. The van der Waals surface area contributed by atoms with Gasteiger partial charge < -0.3 is 15.3 Å². The van der Waals surface area contributed by atoms with Crippen LogP contribution >= 0.6 is 23.2 Å². The molecule has 0 spiro atoms. The molecule has 1 fully saturated rings. The molecule has 4 rings (SSSR count). The molecule has 0 bridgehead atoms. The van der Waals surface area contributed by atoms with Crippen molar-refractivity contribution in [2.24, 2.45) is 5.92 Å². The highest BCUT2D eigenvalue weighted by molar-refractivity contribution is 6.37. The molecule has 1 heterocycles. The third-order valence-corrected chi connectivity index (χ3v) is 6.80. The summed E-state index contributed by atoms with van der Waals surface area (Å²) in [5, 5.41) is 14.4. The number of hydrogen-bond donors (Lipinski definition) is 2. The average molecular weight is 472 g/mol. The van der Waals surface area contributed by atoms with Crippen molar-refractivity contribution in [3.8, 4) is 16.9 Å². The molecule has 0 radical (unpaired) electrons. The van der Waals surface area contributed by atoms with Crippen LogP contribution in [0.15, 0.2) is 36.5 Å². The van der Waals surface area contributed by atoms with Crippen molar-refractivity contribution >= 4 is 46.2 Å². The summed E-state index contributed by atoms with van der Waals surface area (Å²) < 4.78 is 0. The Bertz CT molecular complexity index is 1110. The second-order valence-electron chi connectivity index (χ2n) is 8.44. The van der Waals surface area contributed by atoms with Gasteiger partial charge in [-0.1, -0.05) is 48.5 Å². The number of aromatic hydroxyl groups is 1. The van der Waals surface area contributed by atoms with E-state index in [4.69, 9.17) is 23.2 Å². The second kappa shape index (κ2) is 10.1. The maximum absolute atomic E-state index is 12.3. The Hall–Kier alpha value is -2.34. The summed E-state index contributed by atoms with van der Waals surface area (Å²) in [5.74, 6) is 0.383. The number of pyridine rings is 1. The summed E-state index contributed by atoms with van der Waals surface area (Å²) >= 11 is 12.3. The quantitative estimate of drug-likeness (QED) is 0.403. The van der Waals surface area contributed by atoms with Gasteiger partial charge in [-0.15, -0.1) is 0 Å². The molecular formula is C25H27Cl2N3O2. The van der Waals surface area contributed by atoms with E-state index in [0.717, 1.165) is 52.5 Å². The molecule has 1 aliphatic carbocycles. The van der Waals surface area contributed by atoms with Gasteiger partial charge in [0.05, 0.1) is 21.2 Å². The molecule has 7 heteroatoms. The SMILES string of the molecule is CNCc1cnc2ccc(-c3cc(Cl)c(O)c(Cl)c3)cc2c1N(C=O)CC1CCCCC1. The van der Waals surface area contributed by atoms with Crippen LogP contribution in [0.1, 0.15) is 37.7 Å². The molecule has 3 aromatic rings. The van der Waals surface area contributed by atoms with Gasteiger partial charge in [-0.25, -0.2) is 0 Å². The molecular weight excluding hydrogens is 445 g/mol. The van der Waals surface area contributed by atoms with E-state index in [2.05, 4.69) is 10.3 Å². The van der Waals surface area contributed by atoms with Crippen molar-refractivity contribution in [2.45, 2.75) is 38.6 Å². The summed E-state index contributed by atoms with van der Waals surface area (Å²) in [4.78, 5) is 18.8. The Kier molecular flexibility index (Phi) is 7.19. The van der Waals surface area contributed by atoms with Crippen molar-refractivity contribution < 1.29 is 9.90 Å². The summed E-state index contributed by atoms with van der Waals surface area (Å²) in [6.45, 7) is 1.31. The third-order valence-electron chi connectivity index (χ3n) is 6.23. The maximum atomic E-state index is 12.3. The van der Waals surface area contributed by atoms with Crippen LogP contribution in [0.2, 0.25) is 10.0 Å². The van der Waals surface area contributed by atoms with Gasteiger partial charge in [0, 0.05) is 30.2 Å². The molecule has 2 aromatic carbocycles. The van der Waals surface area contributed by atoms with Gasteiger partial charge in [-0.2, -0.15) is 0 Å². The number of anilines is 1. The van der Waals surface area contributed by atoms with E-state index >= 15 is 0 Å². The van der Waals surface area contributed by atoms with Gasteiger partial charge in [-0.05, 0) is 61.2 Å². The van der Waals surface area contributed by atoms with Crippen molar-refractivity contribution in [3.05, 3.63) is 52.1 Å². The number of carbonyl (C=O) groups is 1. The van der Waals surface area contributed by atoms with Gasteiger partial charge in [0.2, 0.25) is 6.41 Å². The number of halogens is 2. The highest BCUT2D eigenvalue weighted by atomic mass is 35.5. The predicted molar refractivity (Wildman–Crippen MR) is 132 cm³/mol. The zero-order valence-corrected chi connectivity index (χ0v) is 19.6. The first-order valence-electron chi connectivity index (χ1n) is 11.0. The molecule has 1 saturated carbocycles. The van der Waals surface area contributed by atoms with Gasteiger partial charge in [0.15, 0.2) is 5.75 Å². The first-order valence-corrected chi connectivity index (χ1v) is 11.7. The highest BCUT2D eigenvalue weighted by Gasteiger charge is 2.22. The Morgan fingerprint density at radius 2 is 1.84 bits per heavy atom. The number of benzene rings is 2. The minimum Gasteiger partial charge on any atom is -0.505 e. The van der Waals surface area contributed by atoms with Crippen LogP contribution in [-0.4, -0.2) is 30.1 Å². The molecule has 5 nitrogen and oxygen atoms in total. The van der Waals surface area contributed by atoms with E-state index in [1.54, 1.807) is 12.1 Å². The zero-order valence-electron chi connectivity index (χ0n) is 18.1. The van der Waals surface area contributed by atoms with E-state index in [1.165, 1.54) is 19.3 Å². The number of rotatable bonds is 7. The van der Waals surface area contributed by atoms with Crippen LogP contribution in [0.3, 0.4) is 0 Å². The normalized spacial score (nSPS) is 14.6. The smallest absolute Gasteiger partial charge is 0.214 e. The van der Waals surface area contributed by atoms with Crippen LogP contribution in [0.5, 0.6) is 5.75 Å². The summed E-state index contributed by atoms with van der Waals surface area (Å²) in [5.41, 5.74) is 4.35. The molecule has 168 valence electrons. The van der Waals surface area contributed by atoms with Crippen LogP contribution in [0.4, 0.5) is 5.69 Å². The number of nitrogens with one attached hydrogen (secondary N) is 1. The number of carbonyl (C=O) groups excluding carboxylic acids is 1. The Balaban J connectivity index is 1.84. The van der Waals surface area contributed by atoms with E-state index in [0.29, 0.717) is 19.0 Å². The van der Waals surface area contributed by atoms with E-state index in [-0.39, 0.29) is 15.8 Å². The third kappa shape index (κ3) is 4.70. The number of fused-ring (bicyclic) bond motifs is 1. The van der Waals surface area contributed by atoms with E-state index in [1.807, 2.05) is 36.3 Å². The summed E-state index contributed by atoms with van der Waals surface area (Å²) in [6.07, 6.45) is 8.84. The van der Waals surface area contributed by atoms with Crippen LogP contribution in [-0.2, 0) is 11.3 Å². The molecule has 1 aromatic heterocycles. The predicted octanol–water partition coefficient (Wildman–Crippen LogP) is 6.18. The maximum Gasteiger partial charge on any atom is 0.214 e. The lowest BCUT2D eigenvalue weighted by Crippen LogP contribution is -2.31. The van der Waals surface area contributed by atoms with Crippen molar-refractivity contribution in [2.75, 3.05) is 18.5 Å². The molecule has 32 heavy (non-hydrogen) atoms. The monoisotopic (exact) mass is 471 g/mol.